The lowest BCUT2D eigenvalue weighted by Gasteiger charge is -2.26. The second kappa shape index (κ2) is 42.6. The van der Waals surface area contributed by atoms with Crippen molar-refractivity contribution in [1.82, 2.24) is 5.32 Å². The maximum Gasteiger partial charge on any atom is 0.220 e. The zero-order valence-electron chi connectivity index (χ0n) is 35.0. The van der Waals surface area contributed by atoms with Gasteiger partial charge in [-0.15, -0.1) is 0 Å². The Hall–Kier alpha value is -1.17. The molecule has 0 spiro atoms. The maximum atomic E-state index is 12.4. The molecule has 0 saturated carbocycles. The fourth-order valence-electron chi connectivity index (χ4n) is 7.18. The van der Waals surface area contributed by atoms with E-state index in [0.717, 1.165) is 44.9 Å². The van der Waals surface area contributed by atoms with E-state index in [0.29, 0.717) is 12.8 Å². The fourth-order valence-corrected chi connectivity index (χ4v) is 7.18. The van der Waals surface area contributed by atoms with Crippen LogP contribution in [0.25, 0.3) is 0 Å². The first-order valence-electron chi connectivity index (χ1n) is 23.1. The van der Waals surface area contributed by atoms with Gasteiger partial charge in [0, 0.05) is 6.42 Å². The van der Waals surface area contributed by atoms with E-state index in [1.165, 1.54) is 173 Å². The van der Waals surface area contributed by atoms with Crippen LogP contribution in [0.4, 0.5) is 0 Å². The van der Waals surface area contributed by atoms with Crippen LogP contribution in [0.15, 0.2) is 24.3 Å². The number of carbonyl (C=O) groups is 1. The number of allylic oxidation sites excluding steroid dienone is 4. The Balaban J connectivity index is 3.66. The van der Waals surface area contributed by atoms with E-state index in [1.807, 2.05) is 0 Å². The Morgan fingerprint density at radius 1 is 0.462 bits per heavy atom. The summed E-state index contributed by atoms with van der Waals surface area (Å²) in [6.07, 6.45) is 51.5. The summed E-state index contributed by atoms with van der Waals surface area (Å²) in [5.74, 6) is -0.156. The normalized spacial score (nSPS) is 13.7. The smallest absolute Gasteiger partial charge is 0.220 e. The molecule has 0 rings (SSSR count). The minimum atomic E-state index is -1.16. The summed E-state index contributed by atoms with van der Waals surface area (Å²) in [6, 6.07) is -0.828. The molecule has 3 unspecified atom stereocenters. The molecule has 0 aromatic rings. The Kier molecular flexibility index (Phi) is 41.6. The largest absolute Gasteiger partial charge is 0.394 e. The molecule has 0 aliphatic rings. The highest BCUT2D eigenvalue weighted by atomic mass is 16.3. The first-order valence-corrected chi connectivity index (χ1v) is 23.1. The standard InChI is InChI=1S/C47H91NO4/c1-3-5-7-9-11-13-15-17-19-21-22-23-24-25-26-27-29-31-33-35-37-39-41-45(50)47(52)44(43-49)48-46(51)42-40-38-36-34-32-30-28-20-18-16-14-12-10-8-6-4-2/h26-27,33,35,44-45,47,49-50,52H,3-25,28-32,34,36-43H2,1-2H3,(H,48,51)/b27-26+,35-33+. The second-order valence-corrected chi connectivity index (χ2v) is 16.0. The van der Waals surface area contributed by atoms with Gasteiger partial charge < -0.3 is 20.6 Å². The van der Waals surface area contributed by atoms with Crippen LogP contribution in [0.5, 0.6) is 0 Å². The van der Waals surface area contributed by atoms with E-state index in [4.69, 9.17) is 0 Å². The third-order valence-electron chi connectivity index (χ3n) is 10.8. The van der Waals surface area contributed by atoms with Crippen molar-refractivity contribution in [3.8, 4) is 0 Å². The SMILES string of the molecule is CCCCCCCCCCCCCCC/C=C/CC/C=C/CCCC(O)C(O)C(CO)NC(=O)CCCCCCCCCCCCCCCCCC. The van der Waals surface area contributed by atoms with E-state index in [2.05, 4.69) is 43.5 Å². The van der Waals surface area contributed by atoms with E-state index < -0.39 is 18.2 Å². The topological polar surface area (TPSA) is 89.8 Å². The molecule has 0 radical (unpaired) electrons. The van der Waals surface area contributed by atoms with Gasteiger partial charge in [-0.05, 0) is 51.4 Å². The van der Waals surface area contributed by atoms with Crippen LogP contribution in [0, 0.1) is 0 Å². The van der Waals surface area contributed by atoms with Crippen molar-refractivity contribution in [2.45, 2.75) is 263 Å². The number of carbonyl (C=O) groups excluding carboxylic acids is 1. The summed E-state index contributed by atoms with van der Waals surface area (Å²) in [4.78, 5) is 12.4. The predicted octanol–water partition coefficient (Wildman–Crippen LogP) is 13.4. The third-order valence-corrected chi connectivity index (χ3v) is 10.8. The molecule has 308 valence electrons. The molecule has 52 heavy (non-hydrogen) atoms. The zero-order valence-corrected chi connectivity index (χ0v) is 35.0. The first kappa shape index (κ1) is 50.8. The van der Waals surface area contributed by atoms with Gasteiger partial charge in [0.05, 0.1) is 18.8 Å². The molecule has 0 aliphatic heterocycles. The van der Waals surface area contributed by atoms with E-state index in [1.54, 1.807) is 0 Å². The summed E-state index contributed by atoms with van der Waals surface area (Å²) in [6.45, 7) is 4.18. The Morgan fingerprint density at radius 2 is 0.788 bits per heavy atom. The average Bonchev–Trinajstić information content (AvgIpc) is 3.15. The lowest BCUT2D eigenvalue weighted by molar-refractivity contribution is -0.124. The van der Waals surface area contributed by atoms with E-state index >= 15 is 0 Å². The molecule has 5 nitrogen and oxygen atoms in total. The molecule has 4 N–H and O–H groups in total. The van der Waals surface area contributed by atoms with Crippen LogP contribution in [-0.4, -0.2) is 46.1 Å². The number of rotatable bonds is 42. The van der Waals surface area contributed by atoms with Gasteiger partial charge in [0.25, 0.3) is 0 Å². The molecule has 1 amide bonds. The molecule has 0 aromatic carbocycles. The van der Waals surface area contributed by atoms with Crippen LogP contribution in [0.2, 0.25) is 0 Å². The molecule has 0 aromatic heterocycles. The number of aliphatic hydroxyl groups is 3. The summed E-state index contributed by atoms with van der Waals surface area (Å²) >= 11 is 0. The number of unbranched alkanes of at least 4 members (excludes halogenated alkanes) is 30. The van der Waals surface area contributed by atoms with Gasteiger partial charge in [0.2, 0.25) is 5.91 Å². The lowest BCUT2D eigenvalue weighted by atomic mass is 10.0. The Morgan fingerprint density at radius 3 is 1.17 bits per heavy atom. The number of hydrogen-bond acceptors (Lipinski definition) is 4. The van der Waals surface area contributed by atoms with Crippen LogP contribution in [-0.2, 0) is 4.79 Å². The monoisotopic (exact) mass is 734 g/mol. The molecule has 0 fully saturated rings. The summed E-state index contributed by atoms with van der Waals surface area (Å²) < 4.78 is 0. The van der Waals surface area contributed by atoms with Gasteiger partial charge in [0.1, 0.15) is 6.10 Å². The lowest BCUT2D eigenvalue weighted by Crippen LogP contribution is -2.50. The third kappa shape index (κ3) is 37.2. The minimum absolute atomic E-state index is 0.156. The second-order valence-electron chi connectivity index (χ2n) is 16.0. The van der Waals surface area contributed by atoms with Crippen molar-refractivity contribution in [1.29, 1.82) is 0 Å². The van der Waals surface area contributed by atoms with E-state index in [-0.39, 0.29) is 12.5 Å². The highest BCUT2D eigenvalue weighted by molar-refractivity contribution is 5.76. The Labute approximate surface area is 324 Å². The predicted molar refractivity (Wildman–Crippen MR) is 227 cm³/mol. The minimum Gasteiger partial charge on any atom is -0.394 e. The van der Waals surface area contributed by atoms with Crippen molar-refractivity contribution >= 4 is 5.91 Å². The molecule has 5 heteroatoms. The number of hydrogen-bond donors (Lipinski definition) is 4. The number of nitrogens with one attached hydrogen (secondary N) is 1. The summed E-state index contributed by atoms with van der Waals surface area (Å²) in [7, 11) is 0. The van der Waals surface area contributed by atoms with Crippen molar-refractivity contribution < 1.29 is 20.1 Å². The van der Waals surface area contributed by atoms with Crippen LogP contribution >= 0.6 is 0 Å². The van der Waals surface area contributed by atoms with Crippen LogP contribution in [0.3, 0.4) is 0 Å². The highest BCUT2D eigenvalue weighted by Gasteiger charge is 2.26. The number of amides is 1. The van der Waals surface area contributed by atoms with E-state index in [9.17, 15) is 20.1 Å². The van der Waals surface area contributed by atoms with Crippen molar-refractivity contribution in [2.75, 3.05) is 6.61 Å². The number of aliphatic hydroxyl groups excluding tert-OH is 3. The quantitative estimate of drug-likeness (QED) is 0.0371. The van der Waals surface area contributed by atoms with Crippen molar-refractivity contribution in [2.24, 2.45) is 0 Å². The first-order chi connectivity index (χ1) is 25.6. The molecule has 0 heterocycles. The Bertz CT molecular complexity index is 768. The molecule has 0 bridgehead atoms. The molecule has 0 saturated heterocycles. The molecular formula is C47H91NO4. The van der Waals surface area contributed by atoms with Gasteiger partial charge in [-0.3, -0.25) is 4.79 Å². The van der Waals surface area contributed by atoms with Gasteiger partial charge in [-0.1, -0.05) is 212 Å². The van der Waals surface area contributed by atoms with Crippen molar-refractivity contribution in [3.05, 3.63) is 24.3 Å². The van der Waals surface area contributed by atoms with Crippen LogP contribution in [0.1, 0.15) is 245 Å². The average molecular weight is 734 g/mol. The van der Waals surface area contributed by atoms with Crippen molar-refractivity contribution in [3.63, 3.8) is 0 Å². The highest BCUT2D eigenvalue weighted by Crippen LogP contribution is 2.16. The summed E-state index contributed by atoms with van der Waals surface area (Å²) in [5.41, 5.74) is 0. The van der Waals surface area contributed by atoms with Gasteiger partial charge in [0.15, 0.2) is 0 Å². The van der Waals surface area contributed by atoms with Gasteiger partial charge in [-0.2, -0.15) is 0 Å². The van der Waals surface area contributed by atoms with Crippen LogP contribution < -0.4 is 5.32 Å². The summed E-state index contributed by atoms with van der Waals surface area (Å²) in [5, 5.41) is 33.5. The fraction of sp³-hybridized carbons (Fsp3) is 0.894. The van der Waals surface area contributed by atoms with Gasteiger partial charge in [-0.25, -0.2) is 0 Å². The van der Waals surface area contributed by atoms with Gasteiger partial charge >= 0.3 is 0 Å². The maximum absolute atomic E-state index is 12.4. The molecule has 3 atom stereocenters. The zero-order chi connectivity index (χ0) is 38.0. The molecule has 0 aliphatic carbocycles. The molecular weight excluding hydrogens is 643 g/mol.